The van der Waals surface area contributed by atoms with E-state index in [1.165, 1.54) is 17.3 Å². The fourth-order valence-corrected chi connectivity index (χ4v) is 6.66. The summed E-state index contributed by atoms with van der Waals surface area (Å²) in [4.78, 5) is 17.5. The van der Waals surface area contributed by atoms with Crippen LogP contribution < -0.4 is 5.32 Å². The molecule has 174 valence electrons. The molecule has 2 unspecified atom stereocenters. The van der Waals surface area contributed by atoms with Crippen LogP contribution >= 0.6 is 11.8 Å². The van der Waals surface area contributed by atoms with Crippen LogP contribution in [0.5, 0.6) is 0 Å². The average molecular weight is 484 g/mol. The smallest absolute Gasteiger partial charge is 0.233 e. The molecule has 1 aliphatic heterocycles. The van der Waals surface area contributed by atoms with Crippen molar-refractivity contribution in [3.63, 3.8) is 0 Å². The first kappa shape index (κ1) is 23.6. The lowest BCUT2D eigenvalue weighted by atomic mass is 10.0. The van der Waals surface area contributed by atoms with Gasteiger partial charge in [-0.25, -0.2) is 13.4 Å². The molecule has 8 heteroatoms. The van der Waals surface area contributed by atoms with E-state index in [1.807, 2.05) is 43.5 Å². The standard InChI is InChI=1S/C25H29N3O3S2/c1-17(2)21-11-7-8-12-22(21)28-23(19-9-5-4-6-10-19)15-26-25(28)32-18(3)24(29)27-20-13-14-33(30,31)16-20/h4-12,15,17-18,20H,13-14,16H2,1-3H3,(H,27,29). The molecule has 1 amide bonds. The number of carbonyl (C=O) groups is 1. The Morgan fingerprint density at radius 1 is 1.09 bits per heavy atom. The van der Waals surface area contributed by atoms with Crippen LogP contribution in [0.2, 0.25) is 0 Å². The SMILES string of the molecule is CC(Sc1ncc(-c2ccccc2)n1-c1ccccc1C(C)C)C(=O)NC1CCS(=O)(=O)C1. The Balaban J connectivity index is 1.66. The number of nitrogens with one attached hydrogen (secondary N) is 1. The highest BCUT2D eigenvalue weighted by molar-refractivity contribution is 8.00. The number of imidazole rings is 1. The van der Waals surface area contributed by atoms with Crippen molar-refractivity contribution < 1.29 is 13.2 Å². The van der Waals surface area contributed by atoms with Crippen molar-refractivity contribution in [2.45, 2.75) is 49.6 Å². The van der Waals surface area contributed by atoms with Gasteiger partial charge in [-0.15, -0.1) is 0 Å². The number of rotatable bonds is 7. The number of aromatic nitrogens is 2. The van der Waals surface area contributed by atoms with Crippen LogP contribution in [0, 0.1) is 0 Å². The van der Waals surface area contributed by atoms with E-state index in [4.69, 9.17) is 4.98 Å². The van der Waals surface area contributed by atoms with Gasteiger partial charge in [-0.1, -0.05) is 74.1 Å². The normalized spacial score (nSPS) is 18.4. The molecular weight excluding hydrogens is 454 g/mol. The topological polar surface area (TPSA) is 81.1 Å². The molecule has 1 aliphatic rings. The molecule has 0 bridgehead atoms. The Morgan fingerprint density at radius 3 is 2.45 bits per heavy atom. The molecule has 1 N–H and O–H groups in total. The van der Waals surface area contributed by atoms with E-state index in [-0.39, 0.29) is 23.5 Å². The summed E-state index contributed by atoms with van der Waals surface area (Å²) in [5, 5.41) is 3.20. The fourth-order valence-electron chi connectivity index (χ4n) is 4.08. The molecule has 1 saturated heterocycles. The van der Waals surface area contributed by atoms with Gasteiger partial charge in [-0.05, 0) is 30.9 Å². The summed E-state index contributed by atoms with van der Waals surface area (Å²) in [6.07, 6.45) is 2.32. The van der Waals surface area contributed by atoms with Gasteiger partial charge in [-0.2, -0.15) is 0 Å². The zero-order chi connectivity index (χ0) is 23.6. The highest BCUT2D eigenvalue weighted by atomic mass is 32.2. The molecule has 1 fully saturated rings. The second-order valence-electron chi connectivity index (χ2n) is 8.71. The molecular formula is C25H29N3O3S2. The molecule has 0 radical (unpaired) electrons. The Labute approximate surface area is 199 Å². The number of thioether (sulfide) groups is 1. The van der Waals surface area contributed by atoms with Crippen LogP contribution in [0.1, 0.15) is 38.7 Å². The lowest BCUT2D eigenvalue weighted by molar-refractivity contribution is -0.120. The van der Waals surface area contributed by atoms with E-state index in [0.717, 1.165) is 22.1 Å². The Bertz CT molecular complexity index is 1240. The molecule has 4 rings (SSSR count). The summed E-state index contributed by atoms with van der Waals surface area (Å²) in [6.45, 7) is 6.16. The van der Waals surface area contributed by atoms with Crippen LogP contribution in [-0.4, -0.2) is 46.7 Å². The van der Waals surface area contributed by atoms with Crippen LogP contribution in [0.3, 0.4) is 0 Å². The van der Waals surface area contributed by atoms with Gasteiger partial charge in [0, 0.05) is 11.6 Å². The third-order valence-corrected chi connectivity index (χ3v) is 8.66. The predicted molar refractivity (Wildman–Crippen MR) is 134 cm³/mol. The van der Waals surface area contributed by atoms with Gasteiger partial charge in [0.2, 0.25) is 5.91 Å². The Hall–Kier alpha value is -2.58. The van der Waals surface area contributed by atoms with Crippen LogP contribution in [0.15, 0.2) is 66.0 Å². The summed E-state index contributed by atoms with van der Waals surface area (Å²) < 4.78 is 25.6. The first-order chi connectivity index (χ1) is 15.7. The quantitative estimate of drug-likeness (QED) is 0.502. The lowest BCUT2D eigenvalue weighted by Gasteiger charge is -2.20. The van der Waals surface area contributed by atoms with E-state index in [0.29, 0.717) is 12.3 Å². The average Bonchev–Trinajstić information content (AvgIpc) is 3.36. The summed E-state index contributed by atoms with van der Waals surface area (Å²) in [5.41, 5.74) is 4.24. The van der Waals surface area contributed by atoms with Crippen LogP contribution in [0.25, 0.3) is 16.9 Å². The molecule has 2 aromatic carbocycles. The monoisotopic (exact) mass is 483 g/mol. The number of hydrogen-bond acceptors (Lipinski definition) is 5. The van der Waals surface area contributed by atoms with Gasteiger partial charge in [0.15, 0.2) is 15.0 Å². The Morgan fingerprint density at radius 2 is 1.79 bits per heavy atom. The van der Waals surface area contributed by atoms with Crippen molar-refractivity contribution >= 4 is 27.5 Å². The Kier molecular flexibility index (Phi) is 6.95. The third-order valence-electron chi connectivity index (χ3n) is 5.83. The minimum Gasteiger partial charge on any atom is -0.351 e. The van der Waals surface area contributed by atoms with E-state index in [1.54, 1.807) is 0 Å². The van der Waals surface area contributed by atoms with E-state index in [2.05, 4.69) is 48.0 Å². The van der Waals surface area contributed by atoms with Gasteiger partial charge in [0.25, 0.3) is 0 Å². The molecule has 2 heterocycles. The van der Waals surface area contributed by atoms with Gasteiger partial charge in [-0.3, -0.25) is 9.36 Å². The van der Waals surface area contributed by atoms with Gasteiger partial charge in [0.05, 0.1) is 34.3 Å². The zero-order valence-electron chi connectivity index (χ0n) is 19.1. The fraction of sp³-hybridized carbons (Fsp3) is 0.360. The largest absolute Gasteiger partial charge is 0.351 e. The second kappa shape index (κ2) is 9.73. The summed E-state index contributed by atoms with van der Waals surface area (Å²) in [6, 6.07) is 18.0. The molecule has 2 atom stereocenters. The van der Waals surface area contributed by atoms with Crippen molar-refractivity contribution in [1.29, 1.82) is 0 Å². The summed E-state index contributed by atoms with van der Waals surface area (Å²) in [5.74, 6) is 0.297. The molecule has 3 aromatic rings. The van der Waals surface area contributed by atoms with Crippen molar-refractivity contribution in [1.82, 2.24) is 14.9 Å². The number of carbonyl (C=O) groups excluding carboxylic acids is 1. The summed E-state index contributed by atoms with van der Waals surface area (Å²) >= 11 is 1.38. The van der Waals surface area contributed by atoms with Crippen molar-refractivity contribution in [2.24, 2.45) is 0 Å². The maximum Gasteiger partial charge on any atom is 0.233 e. The first-order valence-corrected chi connectivity index (χ1v) is 13.8. The van der Waals surface area contributed by atoms with E-state index < -0.39 is 15.1 Å². The number of amides is 1. The zero-order valence-corrected chi connectivity index (χ0v) is 20.7. The van der Waals surface area contributed by atoms with Crippen LogP contribution in [-0.2, 0) is 14.6 Å². The number of nitrogens with zero attached hydrogens (tertiary/aromatic N) is 2. The second-order valence-corrected chi connectivity index (χ2v) is 12.2. The summed E-state index contributed by atoms with van der Waals surface area (Å²) in [7, 11) is -3.05. The van der Waals surface area contributed by atoms with Gasteiger partial charge in [0.1, 0.15) is 0 Å². The van der Waals surface area contributed by atoms with Crippen molar-refractivity contribution in [3.05, 3.63) is 66.4 Å². The van der Waals surface area contributed by atoms with Crippen LogP contribution in [0.4, 0.5) is 0 Å². The minimum atomic E-state index is -3.05. The van der Waals surface area contributed by atoms with E-state index >= 15 is 0 Å². The highest BCUT2D eigenvalue weighted by Crippen LogP contribution is 2.34. The number of benzene rings is 2. The third kappa shape index (κ3) is 5.33. The van der Waals surface area contributed by atoms with Gasteiger partial charge < -0.3 is 5.32 Å². The minimum absolute atomic E-state index is 0.0185. The number of hydrogen-bond donors (Lipinski definition) is 1. The van der Waals surface area contributed by atoms with E-state index in [9.17, 15) is 13.2 Å². The molecule has 1 aromatic heterocycles. The maximum atomic E-state index is 12.9. The van der Waals surface area contributed by atoms with Crippen molar-refractivity contribution in [3.8, 4) is 16.9 Å². The molecule has 6 nitrogen and oxygen atoms in total. The number of para-hydroxylation sites is 1. The maximum absolute atomic E-state index is 12.9. The molecule has 0 saturated carbocycles. The molecule has 33 heavy (non-hydrogen) atoms. The predicted octanol–water partition coefficient (Wildman–Crippen LogP) is 4.45. The number of sulfone groups is 1. The highest BCUT2D eigenvalue weighted by Gasteiger charge is 2.30. The first-order valence-electron chi connectivity index (χ1n) is 11.1. The lowest BCUT2D eigenvalue weighted by Crippen LogP contribution is -2.40. The molecule has 0 spiro atoms. The van der Waals surface area contributed by atoms with Crippen molar-refractivity contribution in [2.75, 3.05) is 11.5 Å². The molecule has 0 aliphatic carbocycles. The van der Waals surface area contributed by atoms with Gasteiger partial charge >= 0.3 is 0 Å².